The van der Waals surface area contributed by atoms with Crippen LogP contribution in [0.4, 0.5) is 0 Å². The summed E-state index contributed by atoms with van der Waals surface area (Å²) in [6.45, 7) is 1.34. The third-order valence-electron chi connectivity index (χ3n) is 4.34. The number of nitrogens with zero attached hydrogens (tertiary/aromatic N) is 1. The first-order valence-electron chi connectivity index (χ1n) is 8.06. The van der Waals surface area contributed by atoms with Crippen LogP contribution < -0.4 is 4.74 Å². The summed E-state index contributed by atoms with van der Waals surface area (Å²) in [6, 6.07) is 9.75. The Hall–Kier alpha value is -1.97. The van der Waals surface area contributed by atoms with Crippen molar-refractivity contribution in [1.29, 1.82) is 0 Å². The second-order valence-electron chi connectivity index (χ2n) is 6.11. The summed E-state index contributed by atoms with van der Waals surface area (Å²) < 4.78 is 11.0. The molecule has 136 valence electrons. The van der Waals surface area contributed by atoms with Gasteiger partial charge in [-0.1, -0.05) is 30.3 Å². The molecule has 1 aliphatic heterocycles. The summed E-state index contributed by atoms with van der Waals surface area (Å²) in [5.74, 6) is 0.241. The molecule has 8 nitrogen and oxygen atoms in total. The molecule has 3 rings (SSSR count). The number of benzene rings is 1. The quantitative estimate of drug-likeness (QED) is 0.491. The highest BCUT2D eigenvalue weighted by Crippen LogP contribution is 2.27. The molecule has 5 atom stereocenters. The molecule has 1 aromatic heterocycles. The average molecular weight is 350 g/mol. The van der Waals surface area contributed by atoms with Crippen LogP contribution in [0, 0.1) is 6.92 Å². The van der Waals surface area contributed by atoms with E-state index in [2.05, 4.69) is 10.2 Å². The monoisotopic (exact) mass is 350 g/mol. The fraction of sp³-hybridized carbons (Fsp3) is 0.471. The number of aryl methyl sites for hydroxylation is 1. The van der Waals surface area contributed by atoms with E-state index in [0.717, 1.165) is 16.8 Å². The van der Waals surface area contributed by atoms with E-state index < -0.39 is 37.3 Å². The molecule has 2 heterocycles. The molecule has 1 fully saturated rings. The predicted molar refractivity (Wildman–Crippen MR) is 87.0 cm³/mol. The molecule has 8 heteroatoms. The summed E-state index contributed by atoms with van der Waals surface area (Å²) in [6.07, 6.45) is -6.11. The van der Waals surface area contributed by atoms with Crippen molar-refractivity contribution in [1.82, 2.24) is 10.2 Å². The molecule has 1 saturated heterocycles. The molecular weight excluding hydrogens is 328 g/mol. The number of aromatic nitrogens is 2. The van der Waals surface area contributed by atoms with E-state index in [1.165, 1.54) is 0 Å². The zero-order valence-electron chi connectivity index (χ0n) is 13.7. The van der Waals surface area contributed by atoms with Crippen molar-refractivity contribution in [3.8, 4) is 5.88 Å². The van der Waals surface area contributed by atoms with Gasteiger partial charge in [-0.15, -0.1) is 5.10 Å². The highest BCUT2D eigenvalue weighted by molar-refractivity contribution is 5.35. The molecule has 0 saturated carbocycles. The second-order valence-corrected chi connectivity index (χ2v) is 6.11. The van der Waals surface area contributed by atoms with Crippen LogP contribution in [0.1, 0.15) is 16.8 Å². The Morgan fingerprint density at radius 3 is 2.52 bits per heavy atom. The van der Waals surface area contributed by atoms with Crippen molar-refractivity contribution in [2.45, 2.75) is 44.1 Å². The Morgan fingerprint density at radius 1 is 1.12 bits per heavy atom. The Morgan fingerprint density at radius 2 is 1.84 bits per heavy atom. The minimum absolute atomic E-state index is 0.241. The first-order chi connectivity index (χ1) is 12.0. The number of hydrogen-bond acceptors (Lipinski definition) is 7. The van der Waals surface area contributed by atoms with Gasteiger partial charge in [-0.2, -0.15) is 0 Å². The van der Waals surface area contributed by atoms with Crippen molar-refractivity contribution >= 4 is 0 Å². The Balaban J connectivity index is 1.79. The molecule has 0 bridgehead atoms. The number of ether oxygens (including phenoxy) is 2. The summed E-state index contributed by atoms with van der Waals surface area (Å²) >= 11 is 0. The van der Waals surface area contributed by atoms with Crippen LogP contribution in [0.25, 0.3) is 0 Å². The number of hydrogen-bond donors (Lipinski definition) is 5. The van der Waals surface area contributed by atoms with Crippen LogP contribution in [0.2, 0.25) is 0 Å². The van der Waals surface area contributed by atoms with E-state index in [0.29, 0.717) is 6.42 Å². The fourth-order valence-electron chi connectivity index (χ4n) is 2.81. The van der Waals surface area contributed by atoms with Gasteiger partial charge in [-0.3, -0.25) is 5.10 Å². The lowest BCUT2D eigenvalue weighted by molar-refractivity contribution is -0.278. The van der Waals surface area contributed by atoms with Crippen molar-refractivity contribution in [3.63, 3.8) is 0 Å². The molecule has 25 heavy (non-hydrogen) atoms. The highest BCUT2D eigenvalue weighted by Gasteiger charge is 2.45. The van der Waals surface area contributed by atoms with E-state index in [4.69, 9.17) is 9.47 Å². The van der Waals surface area contributed by atoms with Gasteiger partial charge in [-0.05, 0) is 12.5 Å². The maximum atomic E-state index is 10.1. The molecule has 0 aliphatic carbocycles. The normalized spacial score (nSPS) is 29.6. The van der Waals surface area contributed by atoms with Gasteiger partial charge in [0.05, 0.1) is 6.61 Å². The Kier molecular flexibility index (Phi) is 5.36. The number of rotatable bonds is 5. The lowest BCUT2D eigenvalue weighted by atomic mass is 9.99. The van der Waals surface area contributed by atoms with Crippen molar-refractivity contribution in [2.75, 3.05) is 6.61 Å². The Labute approximate surface area is 144 Å². The van der Waals surface area contributed by atoms with Crippen molar-refractivity contribution in [3.05, 3.63) is 47.2 Å². The molecule has 0 radical (unpaired) electrons. The van der Waals surface area contributed by atoms with Gasteiger partial charge in [0.25, 0.3) is 0 Å². The lowest BCUT2D eigenvalue weighted by Crippen LogP contribution is -2.60. The van der Waals surface area contributed by atoms with Gasteiger partial charge in [0, 0.05) is 17.7 Å². The largest absolute Gasteiger partial charge is 0.443 e. The molecule has 5 N–H and O–H groups in total. The highest BCUT2D eigenvalue weighted by atomic mass is 16.7. The van der Waals surface area contributed by atoms with E-state index in [1.54, 1.807) is 0 Å². The Bertz CT molecular complexity index is 690. The van der Waals surface area contributed by atoms with Gasteiger partial charge in [0.15, 0.2) is 0 Å². The zero-order valence-corrected chi connectivity index (χ0v) is 13.7. The van der Waals surface area contributed by atoms with E-state index in [-0.39, 0.29) is 5.88 Å². The van der Waals surface area contributed by atoms with Crippen LogP contribution in [0.15, 0.2) is 30.3 Å². The first kappa shape index (κ1) is 17.8. The van der Waals surface area contributed by atoms with Crippen molar-refractivity contribution < 1.29 is 29.9 Å². The molecule has 2 aromatic rings. The van der Waals surface area contributed by atoms with Gasteiger partial charge >= 0.3 is 0 Å². The SMILES string of the molecule is Cc1[nH]nc(OC2O[C@H](CO)[C@@H](O)[C@H](O)[C@H]2O)c1Cc1ccccc1. The van der Waals surface area contributed by atoms with Crippen LogP contribution >= 0.6 is 0 Å². The molecule has 0 amide bonds. The number of nitrogens with one attached hydrogen (secondary N) is 1. The summed E-state index contributed by atoms with van der Waals surface area (Å²) in [4.78, 5) is 0. The molecule has 0 spiro atoms. The summed E-state index contributed by atoms with van der Waals surface area (Å²) in [7, 11) is 0. The van der Waals surface area contributed by atoms with E-state index in [9.17, 15) is 20.4 Å². The van der Waals surface area contributed by atoms with Crippen molar-refractivity contribution in [2.24, 2.45) is 0 Å². The van der Waals surface area contributed by atoms with Gasteiger partial charge in [0.2, 0.25) is 12.2 Å². The second kappa shape index (κ2) is 7.51. The standard InChI is InChI=1S/C17H22N2O6/c1-9-11(7-10-5-3-2-4-6-10)16(19-18-9)25-17-15(23)14(22)13(21)12(8-20)24-17/h2-6,12-15,17,20-23H,7-8H2,1H3,(H,18,19)/t12-,13-,14+,15-,17?/m1/s1. The first-order valence-corrected chi connectivity index (χ1v) is 8.06. The van der Waals surface area contributed by atoms with E-state index in [1.807, 2.05) is 37.3 Å². The van der Waals surface area contributed by atoms with Crippen LogP contribution in [-0.4, -0.2) is 67.9 Å². The van der Waals surface area contributed by atoms with Crippen LogP contribution in [-0.2, 0) is 11.2 Å². The third-order valence-corrected chi connectivity index (χ3v) is 4.34. The molecule has 1 unspecified atom stereocenters. The third kappa shape index (κ3) is 3.68. The fourth-order valence-corrected chi connectivity index (χ4v) is 2.81. The smallest absolute Gasteiger partial charge is 0.238 e. The number of H-pyrrole nitrogens is 1. The minimum Gasteiger partial charge on any atom is -0.443 e. The summed E-state index contributed by atoms with van der Waals surface area (Å²) in [5.41, 5.74) is 2.66. The molecular formula is C17H22N2O6. The molecule has 1 aliphatic rings. The molecule has 1 aromatic carbocycles. The number of aliphatic hydroxyl groups excluding tert-OH is 4. The average Bonchev–Trinajstić information content (AvgIpc) is 2.96. The summed E-state index contributed by atoms with van der Waals surface area (Å²) in [5, 5.41) is 45.9. The van der Waals surface area contributed by atoms with Crippen LogP contribution in [0.3, 0.4) is 0 Å². The predicted octanol–water partition coefficient (Wildman–Crippen LogP) is -0.512. The maximum absolute atomic E-state index is 10.1. The maximum Gasteiger partial charge on any atom is 0.238 e. The van der Waals surface area contributed by atoms with Gasteiger partial charge < -0.3 is 29.9 Å². The minimum atomic E-state index is -1.49. The lowest BCUT2D eigenvalue weighted by Gasteiger charge is -2.39. The van der Waals surface area contributed by atoms with Gasteiger partial charge in [-0.25, -0.2) is 0 Å². The van der Waals surface area contributed by atoms with E-state index >= 15 is 0 Å². The van der Waals surface area contributed by atoms with Gasteiger partial charge in [0.1, 0.15) is 24.4 Å². The number of aliphatic hydroxyl groups is 4. The zero-order chi connectivity index (χ0) is 18.0. The van der Waals surface area contributed by atoms with Crippen LogP contribution in [0.5, 0.6) is 5.88 Å². The topological polar surface area (TPSA) is 128 Å². The number of aromatic amines is 1.